The van der Waals surface area contributed by atoms with Gasteiger partial charge in [0, 0.05) is 0 Å². The van der Waals surface area contributed by atoms with E-state index in [9.17, 15) is 14.0 Å². The molecule has 4 aromatic rings. The Balaban J connectivity index is 1.20. The van der Waals surface area contributed by atoms with Crippen molar-refractivity contribution in [3.8, 4) is 0 Å². The second kappa shape index (κ2) is 10.7. The number of imidazole rings is 2. The lowest BCUT2D eigenvalue weighted by atomic mass is 10.1. The van der Waals surface area contributed by atoms with Crippen molar-refractivity contribution in [1.82, 2.24) is 39.0 Å². The molecule has 7 heterocycles. The zero-order valence-electron chi connectivity index (χ0n) is 22.4. The number of nitrogens with zero attached hydrogens (tertiary/aromatic N) is 8. The van der Waals surface area contributed by atoms with Crippen molar-refractivity contribution < 1.29 is 50.4 Å². The predicted molar refractivity (Wildman–Crippen MR) is 145 cm³/mol. The molecular formula is C20H23BF2N10O9P2. The monoisotopic (exact) mass is 658 g/mol. The second-order valence-corrected chi connectivity index (χ2v) is 13.6. The highest BCUT2D eigenvalue weighted by Gasteiger charge is 2.54. The summed E-state index contributed by atoms with van der Waals surface area (Å²) in [6.45, 7) is -1.51. The van der Waals surface area contributed by atoms with Crippen LogP contribution in [-0.4, -0.2) is 101 Å². The molecule has 0 amide bonds. The first-order chi connectivity index (χ1) is 20.9. The van der Waals surface area contributed by atoms with Gasteiger partial charge in [0.05, 0.1) is 25.9 Å². The topological polar surface area (TPSA) is 249 Å². The van der Waals surface area contributed by atoms with Crippen LogP contribution in [0.15, 0.2) is 25.3 Å². The Morgan fingerprint density at radius 3 is 2.00 bits per heavy atom. The maximum atomic E-state index is 15.9. The fraction of sp³-hybridized carbons (Fsp3) is 0.500. The summed E-state index contributed by atoms with van der Waals surface area (Å²) in [7, 11) is -8.19. The van der Waals surface area contributed by atoms with Gasteiger partial charge in [-0.3, -0.25) is 22.7 Å². The van der Waals surface area contributed by atoms with Crippen molar-refractivity contribution in [1.29, 1.82) is 0 Å². The Morgan fingerprint density at radius 1 is 0.795 bits per heavy atom. The molecule has 3 saturated heterocycles. The van der Waals surface area contributed by atoms with Gasteiger partial charge in [0.1, 0.15) is 48.1 Å². The Morgan fingerprint density at radius 2 is 1.36 bits per heavy atom. The molecule has 0 aliphatic carbocycles. The van der Waals surface area contributed by atoms with Crippen LogP contribution in [-0.2, 0) is 36.7 Å². The standard InChI is InChI=1S/C20H23BF2N10O9P2/c21-43(34)37-2-8-13(10(23)19(40-8)32-5-30-11-15(24)26-3-28-17(11)32)42-44(35,36)38-1-7-9(22)14(41-43)20(39-7)33-6-31-12-16(25)27-4-29-18(12)33/h3-10,13-14,19-20H,1-2,21H2,(H,35,36)(H2,24,26,28)(H2,25,27,29)/t7-,8-,9?,10-,13-,14-,19-,20-,43+/m1/s1. The highest BCUT2D eigenvalue weighted by molar-refractivity contribution is 7.79. The number of phosphoric ester groups is 1. The first-order valence-electron chi connectivity index (χ1n) is 12.9. The van der Waals surface area contributed by atoms with Gasteiger partial charge in [-0.05, 0) is 0 Å². The largest absolute Gasteiger partial charge is 0.472 e. The number of phosphoric acid groups is 1. The van der Waals surface area contributed by atoms with Crippen LogP contribution in [0, 0.1) is 0 Å². The van der Waals surface area contributed by atoms with E-state index in [1.807, 2.05) is 0 Å². The number of hydrogen-bond donors (Lipinski definition) is 3. The zero-order chi connectivity index (χ0) is 31.0. The number of fused-ring (bicyclic) bond motifs is 5. The molecule has 10 atom stereocenters. The van der Waals surface area contributed by atoms with Crippen LogP contribution in [0.4, 0.5) is 20.4 Å². The molecule has 0 radical (unpaired) electrons. The van der Waals surface area contributed by atoms with Crippen LogP contribution >= 0.6 is 15.3 Å². The maximum Gasteiger partial charge on any atom is 0.472 e. The summed E-state index contributed by atoms with van der Waals surface area (Å²) >= 11 is 0. The molecule has 2 bridgehead atoms. The molecule has 2 unspecified atom stereocenters. The molecule has 0 spiro atoms. The SMILES string of the molecule is B[P@]1(=O)OC[C@H]2O[C@@H](n3cnc4c(N)ncnc43)[C@H](F)[C@@H]2OP(=O)(O)OC[C@H]2O[C@@H](n3cnc4c(N)ncnc43)[C@H](O1)C2F. The first-order valence-corrected chi connectivity index (χ1v) is 16.4. The third kappa shape index (κ3) is 5.05. The van der Waals surface area contributed by atoms with Crippen LogP contribution < -0.4 is 11.5 Å². The van der Waals surface area contributed by atoms with Crippen LogP contribution in [0.5, 0.6) is 0 Å². The van der Waals surface area contributed by atoms with Gasteiger partial charge < -0.3 is 34.9 Å². The van der Waals surface area contributed by atoms with E-state index in [-0.39, 0.29) is 34.0 Å². The minimum atomic E-state index is -5.09. The fourth-order valence-corrected chi connectivity index (χ4v) is 7.37. The number of nitrogens with two attached hydrogens (primary N) is 2. The number of rotatable bonds is 2. The molecule has 0 aromatic carbocycles. The Kier molecular flexibility index (Phi) is 7.18. The first kappa shape index (κ1) is 29.5. The number of nitrogen functional groups attached to an aromatic ring is 2. The molecule has 234 valence electrons. The molecule has 5 N–H and O–H groups in total. The normalized spacial score (nSPS) is 38.2. The van der Waals surface area contributed by atoms with Gasteiger partial charge in [-0.15, -0.1) is 0 Å². The van der Waals surface area contributed by atoms with Crippen molar-refractivity contribution >= 4 is 56.8 Å². The van der Waals surface area contributed by atoms with Crippen LogP contribution in [0.25, 0.3) is 22.3 Å². The maximum absolute atomic E-state index is 15.9. The Hall–Kier alpha value is -3.20. The van der Waals surface area contributed by atoms with E-state index in [4.69, 9.17) is 39.0 Å². The number of aromatic nitrogens is 8. The third-order valence-electron chi connectivity index (χ3n) is 7.30. The van der Waals surface area contributed by atoms with Gasteiger partial charge >= 0.3 is 7.82 Å². The fourth-order valence-electron chi connectivity index (χ4n) is 5.27. The van der Waals surface area contributed by atoms with Gasteiger partial charge in [-0.1, -0.05) is 0 Å². The van der Waals surface area contributed by atoms with E-state index in [2.05, 4.69) is 29.9 Å². The van der Waals surface area contributed by atoms with Crippen LogP contribution in [0.2, 0.25) is 0 Å². The minimum Gasteiger partial charge on any atom is -0.382 e. The highest BCUT2D eigenvalue weighted by atomic mass is 31.2. The van der Waals surface area contributed by atoms with Gasteiger partial charge in [-0.2, -0.15) is 0 Å². The lowest BCUT2D eigenvalue weighted by Crippen LogP contribution is -2.34. The number of ether oxygens (including phenoxy) is 2. The van der Waals surface area contributed by atoms with Crippen molar-refractivity contribution in [2.45, 2.75) is 49.2 Å². The number of halogens is 2. The summed E-state index contributed by atoms with van der Waals surface area (Å²) in [5, 5.41) is 0. The molecule has 3 fully saturated rings. The number of anilines is 2. The molecule has 3 aliphatic rings. The molecule has 3 aliphatic heterocycles. The summed E-state index contributed by atoms with van der Waals surface area (Å²) in [6.07, 6.45) is -8.68. The quantitative estimate of drug-likeness (QED) is 0.189. The van der Waals surface area contributed by atoms with Crippen molar-refractivity contribution in [3.63, 3.8) is 0 Å². The zero-order valence-corrected chi connectivity index (χ0v) is 24.2. The van der Waals surface area contributed by atoms with Gasteiger partial charge in [-0.25, -0.2) is 43.2 Å². The van der Waals surface area contributed by atoms with Gasteiger partial charge in [0.2, 0.25) is 0 Å². The summed E-state index contributed by atoms with van der Waals surface area (Å²) in [5.41, 5.74) is 12.3. The molecule has 24 heteroatoms. The van der Waals surface area contributed by atoms with E-state index >= 15 is 8.78 Å². The van der Waals surface area contributed by atoms with E-state index in [0.29, 0.717) is 0 Å². The summed E-state index contributed by atoms with van der Waals surface area (Å²) < 4.78 is 93.7. The predicted octanol–water partition coefficient (Wildman–Crippen LogP) is -0.0396. The smallest absolute Gasteiger partial charge is 0.382 e. The van der Waals surface area contributed by atoms with E-state index in [0.717, 1.165) is 20.2 Å². The second-order valence-electron chi connectivity index (χ2n) is 10.2. The molecule has 7 rings (SSSR count). The average molecular weight is 658 g/mol. The van der Waals surface area contributed by atoms with Crippen LogP contribution in [0.3, 0.4) is 0 Å². The number of hydrogen-bond acceptors (Lipinski definition) is 16. The third-order valence-corrected chi connectivity index (χ3v) is 9.53. The van der Waals surface area contributed by atoms with Gasteiger partial charge in [0.25, 0.3) is 15.0 Å². The van der Waals surface area contributed by atoms with E-state index in [1.165, 1.54) is 21.8 Å². The van der Waals surface area contributed by atoms with E-state index in [1.54, 1.807) is 0 Å². The van der Waals surface area contributed by atoms with Crippen molar-refractivity contribution in [2.75, 3.05) is 24.7 Å². The minimum absolute atomic E-state index is 0.0301. The van der Waals surface area contributed by atoms with Gasteiger partial charge in [0.15, 0.2) is 47.7 Å². The molecule has 0 saturated carbocycles. The average Bonchev–Trinajstić information content (AvgIpc) is 3.73. The molecule has 19 nitrogen and oxygen atoms in total. The summed E-state index contributed by atoms with van der Waals surface area (Å²) in [4.78, 5) is 34.6. The summed E-state index contributed by atoms with van der Waals surface area (Å²) in [6, 6.07) is 0. The number of alkyl halides is 2. The lowest BCUT2D eigenvalue weighted by molar-refractivity contribution is -0.0613. The Bertz CT molecular complexity index is 1840. The van der Waals surface area contributed by atoms with Crippen molar-refractivity contribution in [3.05, 3.63) is 25.3 Å². The molecular weight excluding hydrogens is 635 g/mol. The van der Waals surface area contributed by atoms with Crippen LogP contribution in [0.1, 0.15) is 12.5 Å². The summed E-state index contributed by atoms with van der Waals surface area (Å²) in [5.74, 6) is 0.0728. The molecule has 4 aromatic heterocycles. The van der Waals surface area contributed by atoms with E-state index < -0.39 is 77.7 Å². The molecule has 44 heavy (non-hydrogen) atoms. The van der Waals surface area contributed by atoms with Crippen molar-refractivity contribution in [2.24, 2.45) is 0 Å². The highest BCUT2D eigenvalue weighted by Crippen LogP contribution is 2.54. The Labute approximate surface area is 245 Å². The lowest BCUT2D eigenvalue weighted by Gasteiger charge is -2.26.